The Hall–Kier alpha value is -0.570. The molecule has 0 aromatic heterocycles. The third-order valence-corrected chi connectivity index (χ3v) is 3.78. The van der Waals surface area contributed by atoms with Crippen molar-refractivity contribution in [3.8, 4) is 0 Å². The Morgan fingerprint density at radius 3 is 2.76 bits per heavy atom. The van der Waals surface area contributed by atoms with Gasteiger partial charge in [0, 0.05) is 24.7 Å². The van der Waals surface area contributed by atoms with Gasteiger partial charge < -0.3 is 0 Å². The van der Waals surface area contributed by atoms with Crippen LogP contribution in [0.3, 0.4) is 0 Å². The first-order chi connectivity index (χ1) is 8.25. The average Bonchev–Trinajstić information content (AvgIpc) is 2.37. The molecule has 1 N–H and O–H groups in total. The fraction of sp³-hybridized carbons (Fsp3) is 0.571. The van der Waals surface area contributed by atoms with Gasteiger partial charge in [-0.25, -0.2) is 5.01 Å². The van der Waals surface area contributed by atoms with Crippen LogP contribution < -0.4 is 5.43 Å². The highest BCUT2D eigenvalue weighted by atomic mass is 35.5. The smallest absolute Gasteiger partial charge is 0.0409 e. The zero-order chi connectivity index (χ0) is 12.1. The molecular formula is C14H21ClN2. The van der Waals surface area contributed by atoms with Gasteiger partial charge in [0.05, 0.1) is 0 Å². The summed E-state index contributed by atoms with van der Waals surface area (Å²) in [6.45, 7) is 0.855. The Bertz CT molecular complexity index is 348. The molecule has 0 saturated heterocycles. The lowest BCUT2D eigenvalue weighted by Crippen LogP contribution is -2.43. The predicted molar refractivity (Wildman–Crippen MR) is 72.9 cm³/mol. The summed E-state index contributed by atoms with van der Waals surface area (Å²) in [5.41, 5.74) is 4.71. The van der Waals surface area contributed by atoms with Gasteiger partial charge in [-0.3, -0.25) is 5.43 Å². The van der Waals surface area contributed by atoms with Gasteiger partial charge in [0.2, 0.25) is 0 Å². The number of rotatable bonds is 4. The first-order valence-corrected chi connectivity index (χ1v) is 6.84. The van der Waals surface area contributed by atoms with Gasteiger partial charge in [-0.15, -0.1) is 0 Å². The molecule has 1 aromatic carbocycles. The quantitative estimate of drug-likeness (QED) is 0.824. The van der Waals surface area contributed by atoms with Crippen molar-refractivity contribution >= 4 is 11.6 Å². The summed E-state index contributed by atoms with van der Waals surface area (Å²) >= 11 is 5.97. The summed E-state index contributed by atoms with van der Waals surface area (Å²) < 4.78 is 0. The van der Waals surface area contributed by atoms with Crippen LogP contribution in [0.15, 0.2) is 24.3 Å². The molecule has 1 aliphatic rings. The Labute approximate surface area is 109 Å². The maximum atomic E-state index is 5.97. The molecule has 0 atom stereocenters. The summed E-state index contributed by atoms with van der Waals surface area (Å²) in [5.74, 6) is 0. The highest BCUT2D eigenvalue weighted by Gasteiger charge is 2.17. The molecular weight excluding hydrogens is 232 g/mol. The largest absolute Gasteiger partial charge is 0.251 e. The van der Waals surface area contributed by atoms with Crippen molar-refractivity contribution in [1.82, 2.24) is 10.4 Å². The lowest BCUT2D eigenvalue weighted by Gasteiger charge is -2.31. The average molecular weight is 253 g/mol. The van der Waals surface area contributed by atoms with Crippen molar-refractivity contribution in [2.24, 2.45) is 0 Å². The van der Waals surface area contributed by atoms with E-state index in [4.69, 9.17) is 11.6 Å². The minimum Gasteiger partial charge on any atom is -0.251 e. The van der Waals surface area contributed by atoms with E-state index in [-0.39, 0.29) is 0 Å². The van der Waals surface area contributed by atoms with E-state index < -0.39 is 0 Å². The molecule has 1 aromatic rings. The molecule has 94 valence electrons. The zero-order valence-corrected chi connectivity index (χ0v) is 11.2. The Morgan fingerprint density at radius 1 is 1.29 bits per heavy atom. The van der Waals surface area contributed by atoms with Crippen molar-refractivity contribution in [2.75, 3.05) is 7.05 Å². The van der Waals surface area contributed by atoms with Crippen LogP contribution in [0.25, 0.3) is 0 Å². The Kier molecular flexibility index (Phi) is 4.84. The number of benzene rings is 1. The fourth-order valence-corrected chi connectivity index (χ4v) is 2.67. The maximum Gasteiger partial charge on any atom is 0.0409 e. The van der Waals surface area contributed by atoms with E-state index in [1.165, 1.54) is 37.7 Å². The van der Waals surface area contributed by atoms with Gasteiger partial charge in [0.25, 0.3) is 0 Å². The van der Waals surface area contributed by atoms with Crippen molar-refractivity contribution in [3.05, 3.63) is 34.9 Å². The molecule has 0 bridgehead atoms. The molecule has 1 aliphatic carbocycles. The van der Waals surface area contributed by atoms with E-state index >= 15 is 0 Å². The van der Waals surface area contributed by atoms with Crippen LogP contribution >= 0.6 is 11.6 Å². The summed E-state index contributed by atoms with van der Waals surface area (Å²) in [7, 11) is 2.15. The summed E-state index contributed by atoms with van der Waals surface area (Å²) in [5, 5.41) is 3.09. The van der Waals surface area contributed by atoms with Gasteiger partial charge in [-0.1, -0.05) is 43.0 Å². The number of halogens is 1. The second kappa shape index (κ2) is 6.39. The van der Waals surface area contributed by atoms with Crippen LogP contribution in [0.4, 0.5) is 0 Å². The van der Waals surface area contributed by atoms with Crippen molar-refractivity contribution in [1.29, 1.82) is 0 Å². The fourth-order valence-electron chi connectivity index (χ4n) is 2.46. The molecule has 0 amide bonds. The zero-order valence-electron chi connectivity index (χ0n) is 10.5. The number of hydrazine groups is 1. The molecule has 17 heavy (non-hydrogen) atoms. The SMILES string of the molecule is CN(NCc1cccc(Cl)c1)C1CCCCC1. The predicted octanol–water partition coefficient (Wildman–Crippen LogP) is 3.61. The molecule has 2 nitrogen and oxygen atoms in total. The lowest BCUT2D eigenvalue weighted by molar-refractivity contribution is 0.126. The van der Waals surface area contributed by atoms with E-state index in [0.29, 0.717) is 6.04 Å². The number of hydrogen-bond donors (Lipinski definition) is 1. The first-order valence-electron chi connectivity index (χ1n) is 6.46. The van der Waals surface area contributed by atoms with Gasteiger partial charge in [0.15, 0.2) is 0 Å². The van der Waals surface area contributed by atoms with E-state index in [1.54, 1.807) is 0 Å². The topological polar surface area (TPSA) is 15.3 Å². The molecule has 0 heterocycles. The second-order valence-corrected chi connectivity index (χ2v) is 5.30. The van der Waals surface area contributed by atoms with Gasteiger partial charge in [0.1, 0.15) is 0 Å². The third kappa shape index (κ3) is 3.98. The molecule has 0 unspecified atom stereocenters. The second-order valence-electron chi connectivity index (χ2n) is 4.87. The van der Waals surface area contributed by atoms with Crippen LogP contribution in [-0.2, 0) is 6.54 Å². The minimum absolute atomic E-state index is 0.697. The number of nitrogens with zero attached hydrogens (tertiary/aromatic N) is 1. The highest BCUT2D eigenvalue weighted by Crippen LogP contribution is 2.20. The number of nitrogens with one attached hydrogen (secondary N) is 1. The summed E-state index contributed by atoms with van der Waals surface area (Å²) in [6, 6.07) is 8.73. The van der Waals surface area contributed by atoms with E-state index in [2.05, 4.69) is 23.5 Å². The normalized spacial score (nSPS) is 17.6. The van der Waals surface area contributed by atoms with Gasteiger partial charge >= 0.3 is 0 Å². The van der Waals surface area contributed by atoms with E-state index in [9.17, 15) is 0 Å². The molecule has 1 fully saturated rings. The van der Waals surface area contributed by atoms with Gasteiger partial charge in [-0.2, -0.15) is 0 Å². The molecule has 1 saturated carbocycles. The van der Waals surface area contributed by atoms with Crippen LogP contribution in [-0.4, -0.2) is 18.1 Å². The van der Waals surface area contributed by atoms with Crippen molar-refractivity contribution < 1.29 is 0 Å². The Morgan fingerprint density at radius 2 is 2.06 bits per heavy atom. The molecule has 0 aliphatic heterocycles. The molecule has 3 heteroatoms. The molecule has 0 radical (unpaired) electrons. The molecule has 0 spiro atoms. The van der Waals surface area contributed by atoms with E-state index in [0.717, 1.165) is 11.6 Å². The van der Waals surface area contributed by atoms with Gasteiger partial charge in [-0.05, 0) is 30.5 Å². The molecule has 2 rings (SSSR count). The lowest BCUT2D eigenvalue weighted by atomic mass is 9.95. The van der Waals surface area contributed by atoms with Crippen LogP contribution in [0.2, 0.25) is 5.02 Å². The first kappa shape index (κ1) is 12.9. The minimum atomic E-state index is 0.697. The highest BCUT2D eigenvalue weighted by molar-refractivity contribution is 6.30. The van der Waals surface area contributed by atoms with Crippen molar-refractivity contribution in [2.45, 2.75) is 44.7 Å². The van der Waals surface area contributed by atoms with Crippen LogP contribution in [0, 0.1) is 0 Å². The summed E-state index contributed by atoms with van der Waals surface area (Å²) in [6.07, 6.45) is 6.78. The van der Waals surface area contributed by atoms with E-state index in [1.807, 2.05) is 18.2 Å². The van der Waals surface area contributed by atoms with Crippen LogP contribution in [0.5, 0.6) is 0 Å². The maximum absolute atomic E-state index is 5.97. The standard InChI is InChI=1S/C14H21ClN2/c1-17(14-8-3-2-4-9-14)16-11-12-6-5-7-13(15)10-12/h5-7,10,14,16H,2-4,8-9,11H2,1H3. The third-order valence-electron chi connectivity index (χ3n) is 3.54. The monoisotopic (exact) mass is 252 g/mol. The number of hydrogen-bond acceptors (Lipinski definition) is 2. The summed E-state index contributed by atoms with van der Waals surface area (Å²) in [4.78, 5) is 0. The van der Waals surface area contributed by atoms with Crippen LogP contribution in [0.1, 0.15) is 37.7 Å². The van der Waals surface area contributed by atoms with Crippen molar-refractivity contribution in [3.63, 3.8) is 0 Å². The Balaban J connectivity index is 1.80.